The van der Waals surface area contributed by atoms with Gasteiger partial charge in [0.15, 0.2) is 0 Å². The number of carbonyl (C=O) groups excluding carboxylic acids is 1. The number of hydrogen-bond acceptors (Lipinski definition) is 6. The normalized spacial score (nSPS) is 14.0. The first-order valence-electron chi connectivity index (χ1n) is 5.65. The number of nitrogens with zero attached hydrogens (tertiary/aromatic N) is 3. The second-order valence-electron chi connectivity index (χ2n) is 4.01. The van der Waals surface area contributed by atoms with Gasteiger partial charge in [-0.3, -0.25) is 14.9 Å². The van der Waals surface area contributed by atoms with Crippen LogP contribution in [0.5, 0.6) is 0 Å². The Hall–Kier alpha value is -2.25. The summed E-state index contributed by atoms with van der Waals surface area (Å²) >= 11 is 0. The zero-order valence-corrected chi connectivity index (χ0v) is 9.63. The monoisotopic (exact) mass is 251 g/mol. The van der Waals surface area contributed by atoms with Crippen molar-refractivity contribution in [1.82, 2.24) is 15.3 Å². The topological polar surface area (TPSA) is 110 Å². The summed E-state index contributed by atoms with van der Waals surface area (Å²) in [6, 6.07) is 0. The quantitative estimate of drug-likeness (QED) is 0.428. The maximum atomic E-state index is 11.3. The predicted octanol–water partition coefficient (Wildman–Crippen LogP) is 0.323. The molecular formula is C10H13N5O3. The van der Waals surface area contributed by atoms with E-state index in [9.17, 15) is 14.9 Å². The van der Waals surface area contributed by atoms with Crippen molar-refractivity contribution < 1.29 is 9.72 Å². The molecule has 18 heavy (non-hydrogen) atoms. The molecule has 96 valence electrons. The maximum Gasteiger partial charge on any atom is 0.305 e. The molecule has 1 saturated carbocycles. The second-order valence-corrected chi connectivity index (χ2v) is 4.01. The van der Waals surface area contributed by atoms with Crippen LogP contribution in [0.15, 0.2) is 12.4 Å². The van der Waals surface area contributed by atoms with E-state index in [0.29, 0.717) is 19.0 Å². The van der Waals surface area contributed by atoms with Crippen LogP contribution >= 0.6 is 0 Å². The van der Waals surface area contributed by atoms with Gasteiger partial charge in [0.05, 0.1) is 4.92 Å². The Morgan fingerprint density at radius 3 is 2.61 bits per heavy atom. The van der Waals surface area contributed by atoms with Crippen molar-refractivity contribution in [2.24, 2.45) is 5.92 Å². The summed E-state index contributed by atoms with van der Waals surface area (Å²) in [6.45, 7) is 0.964. The number of carbonyl (C=O) groups is 1. The molecule has 2 rings (SSSR count). The zero-order valence-electron chi connectivity index (χ0n) is 9.63. The highest BCUT2D eigenvalue weighted by Crippen LogP contribution is 2.28. The van der Waals surface area contributed by atoms with Gasteiger partial charge in [0, 0.05) is 19.0 Å². The van der Waals surface area contributed by atoms with Crippen LogP contribution in [0.25, 0.3) is 0 Å². The Morgan fingerprint density at radius 2 is 2.06 bits per heavy atom. The molecule has 8 nitrogen and oxygen atoms in total. The number of rotatable bonds is 6. The summed E-state index contributed by atoms with van der Waals surface area (Å²) in [4.78, 5) is 28.7. The highest BCUT2D eigenvalue weighted by atomic mass is 16.6. The van der Waals surface area contributed by atoms with Crippen LogP contribution in [0.3, 0.4) is 0 Å². The molecule has 0 bridgehead atoms. The fourth-order valence-electron chi connectivity index (χ4n) is 1.36. The Balaban J connectivity index is 1.69. The van der Waals surface area contributed by atoms with Gasteiger partial charge in [-0.2, -0.15) is 0 Å². The van der Waals surface area contributed by atoms with Crippen LogP contribution < -0.4 is 10.6 Å². The maximum absolute atomic E-state index is 11.3. The van der Waals surface area contributed by atoms with E-state index in [4.69, 9.17) is 0 Å². The summed E-state index contributed by atoms with van der Waals surface area (Å²) in [7, 11) is 0. The van der Waals surface area contributed by atoms with E-state index in [1.54, 1.807) is 0 Å². The molecule has 1 amide bonds. The van der Waals surface area contributed by atoms with Crippen molar-refractivity contribution in [3.05, 3.63) is 22.5 Å². The van der Waals surface area contributed by atoms with Crippen molar-refractivity contribution in [2.75, 3.05) is 18.4 Å². The molecule has 2 N–H and O–H groups in total. The van der Waals surface area contributed by atoms with Crippen LogP contribution in [0.4, 0.5) is 11.6 Å². The summed E-state index contributed by atoms with van der Waals surface area (Å²) < 4.78 is 0. The molecule has 0 atom stereocenters. The minimum Gasteiger partial charge on any atom is -0.354 e. The third-order valence-electron chi connectivity index (χ3n) is 2.50. The summed E-state index contributed by atoms with van der Waals surface area (Å²) in [5.74, 6) is 0.586. The number of amides is 1. The van der Waals surface area contributed by atoms with Crippen molar-refractivity contribution >= 4 is 17.5 Å². The zero-order chi connectivity index (χ0) is 13.0. The van der Waals surface area contributed by atoms with Crippen molar-refractivity contribution in [1.29, 1.82) is 0 Å². The molecule has 1 aliphatic carbocycles. The van der Waals surface area contributed by atoms with Crippen LogP contribution in [0.1, 0.15) is 12.8 Å². The van der Waals surface area contributed by atoms with Crippen LogP contribution in [0, 0.1) is 16.0 Å². The smallest absolute Gasteiger partial charge is 0.305 e. The van der Waals surface area contributed by atoms with Gasteiger partial charge in [-0.15, -0.1) is 0 Å². The van der Waals surface area contributed by atoms with Crippen molar-refractivity contribution in [3.63, 3.8) is 0 Å². The highest BCUT2D eigenvalue weighted by molar-refractivity contribution is 5.80. The molecule has 1 aromatic heterocycles. The van der Waals surface area contributed by atoms with E-state index in [2.05, 4.69) is 20.6 Å². The lowest BCUT2D eigenvalue weighted by Gasteiger charge is -2.05. The fourth-order valence-corrected chi connectivity index (χ4v) is 1.36. The molecule has 0 spiro atoms. The lowest BCUT2D eigenvalue weighted by Crippen LogP contribution is -2.30. The van der Waals surface area contributed by atoms with Crippen LogP contribution in [-0.2, 0) is 4.79 Å². The van der Waals surface area contributed by atoms with Gasteiger partial charge in [0.25, 0.3) is 0 Å². The summed E-state index contributed by atoms with van der Waals surface area (Å²) in [5.41, 5.74) is -0.150. The molecule has 0 unspecified atom stereocenters. The van der Waals surface area contributed by atoms with E-state index < -0.39 is 4.92 Å². The molecule has 1 fully saturated rings. The van der Waals surface area contributed by atoms with Gasteiger partial charge in [0.2, 0.25) is 11.9 Å². The second kappa shape index (κ2) is 5.39. The van der Waals surface area contributed by atoms with Gasteiger partial charge >= 0.3 is 5.69 Å². The number of nitro groups is 1. The van der Waals surface area contributed by atoms with E-state index in [-0.39, 0.29) is 17.5 Å². The first kappa shape index (κ1) is 12.2. The Morgan fingerprint density at radius 1 is 1.39 bits per heavy atom. The van der Waals surface area contributed by atoms with Crippen LogP contribution in [-0.4, -0.2) is 33.9 Å². The minimum absolute atomic E-state index is 0.0846. The average Bonchev–Trinajstić information content (AvgIpc) is 3.19. The third kappa shape index (κ3) is 3.37. The highest BCUT2D eigenvalue weighted by Gasteiger charge is 2.28. The molecule has 1 aliphatic rings. The van der Waals surface area contributed by atoms with E-state index >= 15 is 0 Å². The Labute approximate surface area is 103 Å². The molecule has 8 heteroatoms. The van der Waals surface area contributed by atoms with Gasteiger partial charge in [-0.1, -0.05) is 0 Å². The number of hydrogen-bond donors (Lipinski definition) is 2. The van der Waals surface area contributed by atoms with E-state index in [0.717, 1.165) is 25.2 Å². The molecule has 0 aliphatic heterocycles. The van der Waals surface area contributed by atoms with Gasteiger partial charge in [-0.05, 0) is 12.8 Å². The van der Waals surface area contributed by atoms with Gasteiger partial charge in [0.1, 0.15) is 12.4 Å². The molecule has 1 heterocycles. The lowest BCUT2D eigenvalue weighted by atomic mass is 10.4. The number of aromatic nitrogens is 2. The largest absolute Gasteiger partial charge is 0.354 e. The van der Waals surface area contributed by atoms with Crippen molar-refractivity contribution in [2.45, 2.75) is 12.8 Å². The summed E-state index contributed by atoms with van der Waals surface area (Å²) in [5, 5.41) is 16.0. The fraction of sp³-hybridized carbons (Fsp3) is 0.500. The molecule has 0 saturated heterocycles. The molecule has 0 aromatic carbocycles. The standard InChI is InChI=1S/C10H13N5O3/c16-9(7-1-2-7)11-3-4-12-10-13-5-8(6-14-10)15(17)18/h5-7H,1-4H2,(H,11,16)(H,12,13,14). The average molecular weight is 251 g/mol. The SMILES string of the molecule is O=C(NCCNc1ncc([N+](=O)[O-])cn1)C1CC1. The predicted molar refractivity (Wildman–Crippen MR) is 62.9 cm³/mol. The summed E-state index contributed by atoms with van der Waals surface area (Å²) in [6.07, 6.45) is 4.23. The molecule has 1 aromatic rings. The van der Waals surface area contributed by atoms with Crippen molar-refractivity contribution in [3.8, 4) is 0 Å². The number of nitrogens with one attached hydrogen (secondary N) is 2. The molecular weight excluding hydrogens is 238 g/mol. The first-order chi connectivity index (χ1) is 8.66. The third-order valence-corrected chi connectivity index (χ3v) is 2.50. The number of anilines is 1. The Bertz CT molecular complexity index is 443. The minimum atomic E-state index is -0.556. The van der Waals surface area contributed by atoms with Crippen LogP contribution in [0.2, 0.25) is 0 Å². The van der Waals surface area contributed by atoms with E-state index in [1.165, 1.54) is 0 Å². The Kier molecular flexibility index (Phi) is 3.66. The van der Waals surface area contributed by atoms with Gasteiger partial charge < -0.3 is 10.6 Å². The molecule has 0 radical (unpaired) electrons. The first-order valence-corrected chi connectivity index (χ1v) is 5.65. The lowest BCUT2D eigenvalue weighted by molar-refractivity contribution is -0.385. The van der Waals surface area contributed by atoms with Gasteiger partial charge in [-0.25, -0.2) is 9.97 Å². The van der Waals surface area contributed by atoms with E-state index in [1.807, 2.05) is 0 Å².